The fourth-order valence-electron chi connectivity index (χ4n) is 0.696. The van der Waals surface area contributed by atoms with Crippen molar-refractivity contribution >= 4 is 13.8 Å². The lowest BCUT2D eigenvalue weighted by atomic mass is 10.2. The van der Waals surface area contributed by atoms with Crippen LogP contribution in [0.5, 0.6) is 0 Å². The summed E-state index contributed by atoms with van der Waals surface area (Å²) in [6.45, 7) is 3.16. The molecule has 0 aliphatic heterocycles. The summed E-state index contributed by atoms with van der Waals surface area (Å²) in [5, 5.41) is 0. The third-order valence-electron chi connectivity index (χ3n) is 1.58. The average Bonchev–Trinajstić information content (AvgIpc) is 2.26. The van der Waals surface area contributed by atoms with E-state index in [0.29, 0.717) is 6.42 Å². The number of esters is 1. The molecule has 2 unspecified atom stereocenters. The fourth-order valence-corrected chi connectivity index (χ4v) is 1.18. The normalized spacial score (nSPS) is 16.2. The van der Waals surface area contributed by atoms with Crippen LogP contribution in [-0.2, 0) is 23.1 Å². The number of phosphoric acid groups is 1. The molecule has 0 saturated heterocycles. The molecule has 0 rings (SSSR count). The summed E-state index contributed by atoms with van der Waals surface area (Å²) >= 11 is 0. The lowest BCUT2D eigenvalue weighted by Gasteiger charge is -2.14. The van der Waals surface area contributed by atoms with Gasteiger partial charge in [-0.3, -0.25) is 9.05 Å². The Morgan fingerprint density at radius 2 is 2.31 bits per heavy atom. The summed E-state index contributed by atoms with van der Waals surface area (Å²) in [5.74, 6) is -0.544. The van der Waals surface area contributed by atoms with Crippen molar-refractivity contribution in [1.82, 2.24) is 0 Å². The van der Waals surface area contributed by atoms with Crippen LogP contribution < -0.4 is 5.73 Å². The highest BCUT2D eigenvalue weighted by atomic mass is 31.2. The van der Waals surface area contributed by atoms with Crippen molar-refractivity contribution in [1.29, 1.82) is 0 Å². The van der Waals surface area contributed by atoms with Crippen LogP contribution in [0, 0.1) is 0 Å². The Labute approximate surface area is 93.8 Å². The van der Waals surface area contributed by atoms with Crippen molar-refractivity contribution in [3.8, 4) is 0 Å². The molecule has 0 heterocycles. The maximum absolute atomic E-state index is 10.9. The molecule has 0 fully saturated rings. The van der Waals surface area contributed by atoms with Gasteiger partial charge in [-0.25, -0.2) is 9.36 Å². The number of hydrogen-bond acceptors (Lipinski definition) is 6. The number of nitrogens with two attached hydrogens (primary N) is 1. The zero-order chi connectivity index (χ0) is 12.6. The Morgan fingerprint density at radius 3 is 2.81 bits per heavy atom. The van der Waals surface area contributed by atoms with Crippen molar-refractivity contribution in [2.45, 2.75) is 12.5 Å². The molecule has 3 N–H and O–H groups in total. The average molecular weight is 253 g/mol. The van der Waals surface area contributed by atoms with E-state index in [1.165, 1.54) is 0 Å². The van der Waals surface area contributed by atoms with Crippen LogP contribution in [0.25, 0.3) is 0 Å². The summed E-state index contributed by atoms with van der Waals surface area (Å²) < 4.78 is 24.2. The Bertz CT molecular complexity index is 282. The Balaban J connectivity index is 3.67. The van der Waals surface area contributed by atoms with E-state index in [-0.39, 0.29) is 13.2 Å². The lowest BCUT2D eigenvalue weighted by molar-refractivity contribution is -0.137. The molecule has 0 aromatic heterocycles. The van der Waals surface area contributed by atoms with Gasteiger partial charge in [0.1, 0.15) is 0 Å². The van der Waals surface area contributed by atoms with Gasteiger partial charge < -0.3 is 15.4 Å². The van der Waals surface area contributed by atoms with Crippen molar-refractivity contribution < 1.29 is 28.0 Å². The minimum absolute atomic E-state index is 0.0953. The molecule has 0 spiro atoms. The molecule has 16 heavy (non-hydrogen) atoms. The van der Waals surface area contributed by atoms with Crippen LogP contribution in [0.1, 0.15) is 6.42 Å². The Morgan fingerprint density at radius 1 is 1.69 bits per heavy atom. The number of rotatable bonds is 8. The van der Waals surface area contributed by atoms with Crippen LogP contribution in [0.3, 0.4) is 0 Å². The van der Waals surface area contributed by atoms with Gasteiger partial charge in [0, 0.05) is 19.2 Å². The lowest BCUT2D eigenvalue weighted by Crippen LogP contribution is -2.27. The maximum atomic E-state index is 10.9. The highest BCUT2D eigenvalue weighted by Crippen LogP contribution is 2.41. The SMILES string of the molecule is C=CC(=O)OCCC(N)COP(=O)(O)OC. The molecule has 0 aromatic rings. The molecule has 2 atom stereocenters. The minimum Gasteiger partial charge on any atom is -0.462 e. The van der Waals surface area contributed by atoms with E-state index < -0.39 is 19.8 Å². The van der Waals surface area contributed by atoms with Crippen molar-refractivity contribution in [2.24, 2.45) is 5.73 Å². The first-order valence-electron chi connectivity index (χ1n) is 4.49. The number of phosphoric ester groups is 1. The third kappa shape index (κ3) is 7.56. The molecule has 0 aromatic carbocycles. The predicted octanol–water partition coefficient (Wildman–Crippen LogP) is 0.196. The van der Waals surface area contributed by atoms with Gasteiger partial charge in [-0.05, 0) is 6.42 Å². The third-order valence-corrected chi connectivity index (χ3v) is 2.52. The minimum atomic E-state index is -3.99. The summed E-state index contributed by atoms with van der Waals surface area (Å²) in [7, 11) is -2.93. The second kappa shape index (κ2) is 7.54. The van der Waals surface area contributed by atoms with E-state index in [2.05, 4.69) is 20.4 Å². The van der Waals surface area contributed by atoms with E-state index in [9.17, 15) is 9.36 Å². The zero-order valence-electron chi connectivity index (χ0n) is 9.00. The van der Waals surface area contributed by atoms with E-state index in [0.717, 1.165) is 13.2 Å². The first-order chi connectivity index (χ1) is 7.41. The van der Waals surface area contributed by atoms with Gasteiger partial charge in [0.05, 0.1) is 13.2 Å². The van der Waals surface area contributed by atoms with Crippen molar-refractivity contribution in [3.05, 3.63) is 12.7 Å². The highest BCUT2D eigenvalue weighted by Gasteiger charge is 2.19. The predicted molar refractivity (Wildman–Crippen MR) is 56.5 cm³/mol. The van der Waals surface area contributed by atoms with E-state index in [1.807, 2.05) is 0 Å². The molecular formula is C8H16NO6P. The molecule has 0 saturated carbocycles. The molecule has 0 amide bonds. The summed E-state index contributed by atoms with van der Waals surface area (Å²) in [6, 6.07) is -0.520. The molecule has 0 aliphatic carbocycles. The van der Waals surface area contributed by atoms with E-state index >= 15 is 0 Å². The van der Waals surface area contributed by atoms with Crippen molar-refractivity contribution in [3.63, 3.8) is 0 Å². The summed E-state index contributed by atoms with van der Waals surface area (Å²) in [6.07, 6.45) is 1.35. The quantitative estimate of drug-likeness (QED) is 0.361. The molecule has 94 valence electrons. The van der Waals surface area contributed by atoms with Gasteiger partial charge in [-0.2, -0.15) is 0 Å². The first-order valence-corrected chi connectivity index (χ1v) is 5.98. The van der Waals surface area contributed by atoms with E-state index in [1.54, 1.807) is 0 Å². The second-order valence-electron chi connectivity index (χ2n) is 2.87. The monoisotopic (exact) mass is 253 g/mol. The van der Waals surface area contributed by atoms with Gasteiger partial charge in [-0.15, -0.1) is 0 Å². The molecule has 8 heteroatoms. The summed E-state index contributed by atoms with van der Waals surface area (Å²) in [5.41, 5.74) is 5.53. The van der Waals surface area contributed by atoms with E-state index in [4.69, 9.17) is 10.6 Å². The number of ether oxygens (including phenoxy) is 1. The number of carbonyl (C=O) groups is 1. The highest BCUT2D eigenvalue weighted by molar-refractivity contribution is 7.47. The molecule has 0 bridgehead atoms. The maximum Gasteiger partial charge on any atom is 0.471 e. The molecule has 0 radical (unpaired) electrons. The van der Waals surface area contributed by atoms with Crippen LogP contribution in [0.4, 0.5) is 0 Å². The van der Waals surface area contributed by atoms with Gasteiger partial charge in [0.15, 0.2) is 0 Å². The molecule has 0 aliphatic rings. The van der Waals surface area contributed by atoms with Crippen molar-refractivity contribution in [2.75, 3.05) is 20.3 Å². The molecular weight excluding hydrogens is 237 g/mol. The second-order valence-corrected chi connectivity index (χ2v) is 4.43. The largest absolute Gasteiger partial charge is 0.471 e. The first kappa shape index (κ1) is 15.3. The Hall–Kier alpha value is -0.720. The smallest absolute Gasteiger partial charge is 0.462 e. The van der Waals surface area contributed by atoms with Gasteiger partial charge in [0.25, 0.3) is 0 Å². The fraction of sp³-hybridized carbons (Fsp3) is 0.625. The van der Waals surface area contributed by atoms with Gasteiger partial charge in [-0.1, -0.05) is 6.58 Å². The number of hydrogen-bond donors (Lipinski definition) is 2. The Kier molecular flexibility index (Phi) is 7.20. The van der Waals surface area contributed by atoms with Crippen LogP contribution in [0.15, 0.2) is 12.7 Å². The van der Waals surface area contributed by atoms with Gasteiger partial charge >= 0.3 is 13.8 Å². The van der Waals surface area contributed by atoms with Gasteiger partial charge in [0.2, 0.25) is 0 Å². The summed E-state index contributed by atoms with van der Waals surface area (Å²) in [4.78, 5) is 19.5. The topological polar surface area (TPSA) is 108 Å². The van der Waals surface area contributed by atoms with Crippen LogP contribution in [-0.4, -0.2) is 37.2 Å². The standard InChI is InChI=1S/C8H16NO6P/c1-3-8(10)14-5-4-7(9)6-15-16(11,12)13-2/h3,7H,1,4-6,9H2,2H3,(H,11,12). The van der Waals surface area contributed by atoms with Crippen LogP contribution in [0.2, 0.25) is 0 Å². The molecule has 7 nitrogen and oxygen atoms in total. The van der Waals surface area contributed by atoms with Crippen LogP contribution >= 0.6 is 7.82 Å². The zero-order valence-corrected chi connectivity index (χ0v) is 9.89. The number of carbonyl (C=O) groups excluding carboxylic acids is 1.